The second kappa shape index (κ2) is 5.52. The SMILES string of the molecule is CC1(O)c2cc(Oc3cc(F)cc(CF)c3)ccc2SC1F. The van der Waals surface area contributed by atoms with Gasteiger partial charge in [-0.15, -0.1) is 0 Å². The minimum Gasteiger partial charge on any atom is -0.457 e. The van der Waals surface area contributed by atoms with Crippen molar-refractivity contribution in [3.8, 4) is 11.5 Å². The Morgan fingerprint density at radius 1 is 1.23 bits per heavy atom. The summed E-state index contributed by atoms with van der Waals surface area (Å²) in [6.07, 6.45) is 0. The molecule has 116 valence electrons. The van der Waals surface area contributed by atoms with Gasteiger partial charge < -0.3 is 9.84 Å². The summed E-state index contributed by atoms with van der Waals surface area (Å²) in [5.41, 5.74) is -2.47. The summed E-state index contributed by atoms with van der Waals surface area (Å²) in [5.74, 6) is -0.128. The van der Waals surface area contributed by atoms with E-state index in [9.17, 15) is 18.3 Å². The number of aliphatic hydroxyl groups is 1. The molecule has 1 aliphatic rings. The smallest absolute Gasteiger partial charge is 0.182 e. The summed E-state index contributed by atoms with van der Waals surface area (Å²) < 4.78 is 45.3. The molecule has 0 saturated carbocycles. The maximum absolute atomic E-state index is 13.8. The number of hydrogen-bond donors (Lipinski definition) is 1. The summed E-state index contributed by atoms with van der Waals surface area (Å²) in [6.45, 7) is 0.594. The third-order valence-corrected chi connectivity index (χ3v) is 4.77. The maximum atomic E-state index is 13.8. The van der Waals surface area contributed by atoms with Crippen molar-refractivity contribution in [1.29, 1.82) is 0 Å². The van der Waals surface area contributed by atoms with Crippen molar-refractivity contribution < 1.29 is 23.0 Å². The molecule has 2 aromatic rings. The van der Waals surface area contributed by atoms with E-state index < -0.39 is 23.6 Å². The molecule has 0 radical (unpaired) electrons. The fraction of sp³-hybridized carbons (Fsp3) is 0.250. The Hall–Kier alpha value is -1.66. The van der Waals surface area contributed by atoms with E-state index in [0.29, 0.717) is 16.2 Å². The molecule has 2 atom stereocenters. The van der Waals surface area contributed by atoms with E-state index in [1.165, 1.54) is 19.1 Å². The molecule has 0 aliphatic carbocycles. The van der Waals surface area contributed by atoms with Crippen molar-refractivity contribution in [2.75, 3.05) is 0 Å². The molecule has 2 aromatic carbocycles. The molecule has 0 saturated heterocycles. The molecule has 0 aromatic heterocycles. The van der Waals surface area contributed by atoms with Crippen molar-refractivity contribution in [3.63, 3.8) is 0 Å². The highest BCUT2D eigenvalue weighted by Crippen LogP contribution is 2.49. The third kappa shape index (κ3) is 2.68. The fourth-order valence-corrected chi connectivity index (χ4v) is 3.43. The Balaban J connectivity index is 1.92. The molecule has 0 spiro atoms. The van der Waals surface area contributed by atoms with Crippen molar-refractivity contribution in [3.05, 3.63) is 53.3 Å². The number of fused-ring (bicyclic) bond motifs is 1. The van der Waals surface area contributed by atoms with Gasteiger partial charge in [0.25, 0.3) is 0 Å². The van der Waals surface area contributed by atoms with Crippen LogP contribution < -0.4 is 4.74 Å². The number of hydrogen-bond acceptors (Lipinski definition) is 3. The van der Waals surface area contributed by atoms with E-state index in [2.05, 4.69) is 0 Å². The first kappa shape index (κ1) is 15.2. The van der Waals surface area contributed by atoms with Crippen LogP contribution in [0.25, 0.3) is 0 Å². The Kier molecular flexibility index (Phi) is 3.82. The van der Waals surface area contributed by atoms with Gasteiger partial charge in [-0.2, -0.15) is 0 Å². The topological polar surface area (TPSA) is 29.5 Å². The molecule has 0 fully saturated rings. The lowest BCUT2D eigenvalue weighted by atomic mass is 9.97. The zero-order valence-corrected chi connectivity index (χ0v) is 12.5. The van der Waals surface area contributed by atoms with E-state index in [1.54, 1.807) is 12.1 Å². The molecule has 1 aliphatic heterocycles. The highest BCUT2D eigenvalue weighted by Gasteiger charge is 2.43. The predicted octanol–water partition coefficient (Wildman–Crippen LogP) is 4.70. The summed E-state index contributed by atoms with van der Waals surface area (Å²) in [6, 6.07) is 8.36. The van der Waals surface area contributed by atoms with Gasteiger partial charge in [0.05, 0.1) is 0 Å². The van der Waals surface area contributed by atoms with E-state index >= 15 is 0 Å². The van der Waals surface area contributed by atoms with Gasteiger partial charge in [-0.25, -0.2) is 13.2 Å². The van der Waals surface area contributed by atoms with Crippen LogP contribution in [0.4, 0.5) is 13.2 Å². The number of alkyl halides is 2. The minimum atomic E-state index is -1.61. The molecule has 2 unspecified atom stereocenters. The highest BCUT2D eigenvalue weighted by molar-refractivity contribution is 8.00. The molecule has 2 nitrogen and oxygen atoms in total. The van der Waals surface area contributed by atoms with Crippen LogP contribution in [0.2, 0.25) is 0 Å². The van der Waals surface area contributed by atoms with Crippen LogP contribution in [0.15, 0.2) is 41.3 Å². The van der Waals surface area contributed by atoms with Crippen molar-refractivity contribution in [2.45, 2.75) is 29.6 Å². The van der Waals surface area contributed by atoms with Gasteiger partial charge in [-0.3, -0.25) is 0 Å². The van der Waals surface area contributed by atoms with E-state index in [4.69, 9.17) is 4.74 Å². The molecular formula is C16H13F3O2S. The number of benzene rings is 2. The van der Waals surface area contributed by atoms with E-state index in [-0.39, 0.29) is 11.3 Å². The number of ether oxygens (including phenoxy) is 1. The summed E-state index contributed by atoms with van der Waals surface area (Å²) in [4.78, 5) is 0.633. The predicted molar refractivity (Wildman–Crippen MR) is 78.1 cm³/mol. The Morgan fingerprint density at radius 3 is 2.73 bits per heavy atom. The molecule has 1 heterocycles. The van der Waals surface area contributed by atoms with E-state index in [1.807, 2.05) is 0 Å². The zero-order valence-electron chi connectivity index (χ0n) is 11.6. The second-order valence-electron chi connectivity index (χ2n) is 5.27. The third-order valence-electron chi connectivity index (χ3n) is 3.49. The van der Waals surface area contributed by atoms with E-state index in [0.717, 1.165) is 23.9 Å². The van der Waals surface area contributed by atoms with Crippen LogP contribution in [0.5, 0.6) is 11.5 Å². The molecule has 0 bridgehead atoms. The average molecular weight is 326 g/mol. The first-order valence-corrected chi connectivity index (χ1v) is 7.49. The maximum Gasteiger partial charge on any atom is 0.182 e. The van der Waals surface area contributed by atoms with Crippen LogP contribution in [0.1, 0.15) is 18.1 Å². The lowest BCUT2D eigenvalue weighted by Crippen LogP contribution is -2.26. The van der Waals surface area contributed by atoms with Gasteiger partial charge >= 0.3 is 0 Å². The van der Waals surface area contributed by atoms with Crippen molar-refractivity contribution in [1.82, 2.24) is 0 Å². The number of rotatable bonds is 3. The lowest BCUT2D eigenvalue weighted by Gasteiger charge is -2.20. The normalized spacial score (nSPS) is 23.4. The van der Waals surface area contributed by atoms with Gasteiger partial charge in [-0.1, -0.05) is 11.8 Å². The Labute approximate surface area is 129 Å². The molecule has 0 amide bonds. The number of halogens is 3. The molecule has 1 N–H and O–H groups in total. The van der Waals surface area contributed by atoms with Gasteiger partial charge in [-0.05, 0) is 42.8 Å². The summed E-state index contributed by atoms with van der Waals surface area (Å²) >= 11 is 0.940. The first-order chi connectivity index (χ1) is 10.4. The minimum absolute atomic E-state index is 0.148. The van der Waals surface area contributed by atoms with Gasteiger partial charge in [0.15, 0.2) is 5.50 Å². The van der Waals surface area contributed by atoms with Crippen molar-refractivity contribution >= 4 is 11.8 Å². The average Bonchev–Trinajstić information content (AvgIpc) is 2.69. The Morgan fingerprint density at radius 2 is 2.00 bits per heavy atom. The lowest BCUT2D eigenvalue weighted by molar-refractivity contribution is 0.0171. The molecular weight excluding hydrogens is 313 g/mol. The standard InChI is InChI=1S/C16H13F3O2S/c1-16(20)13-7-11(2-3-14(13)22-15(16)19)21-12-5-9(8-17)4-10(18)6-12/h2-7,15,20H,8H2,1H3. The van der Waals surface area contributed by atoms with Crippen LogP contribution in [-0.4, -0.2) is 10.6 Å². The van der Waals surface area contributed by atoms with Crippen LogP contribution in [0, 0.1) is 5.82 Å². The summed E-state index contributed by atoms with van der Waals surface area (Å²) in [5, 5.41) is 10.2. The number of thioether (sulfide) groups is 1. The molecule has 3 rings (SSSR count). The molecule has 22 heavy (non-hydrogen) atoms. The van der Waals surface area contributed by atoms with Crippen molar-refractivity contribution in [2.24, 2.45) is 0 Å². The quantitative estimate of drug-likeness (QED) is 0.887. The summed E-state index contributed by atoms with van der Waals surface area (Å²) in [7, 11) is 0. The highest BCUT2D eigenvalue weighted by atomic mass is 32.2. The van der Waals surface area contributed by atoms with Crippen LogP contribution >= 0.6 is 11.8 Å². The second-order valence-corrected chi connectivity index (χ2v) is 6.36. The fourth-order valence-electron chi connectivity index (χ4n) is 2.31. The van der Waals surface area contributed by atoms with Gasteiger partial charge in [0.1, 0.15) is 29.6 Å². The molecule has 6 heteroatoms. The first-order valence-electron chi connectivity index (χ1n) is 6.61. The largest absolute Gasteiger partial charge is 0.457 e. The monoisotopic (exact) mass is 326 g/mol. The van der Waals surface area contributed by atoms with Crippen LogP contribution in [0.3, 0.4) is 0 Å². The van der Waals surface area contributed by atoms with Crippen LogP contribution in [-0.2, 0) is 12.3 Å². The van der Waals surface area contributed by atoms with Gasteiger partial charge in [0.2, 0.25) is 0 Å². The van der Waals surface area contributed by atoms with Gasteiger partial charge in [0, 0.05) is 16.5 Å². The Bertz CT molecular complexity index is 719. The zero-order chi connectivity index (χ0) is 15.9.